The summed E-state index contributed by atoms with van der Waals surface area (Å²) in [5, 5.41) is 9.49. The average Bonchev–Trinajstić information content (AvgIpc) is 2.70. The lowest BCUT2D eigenvalue weighted by molar-refractivity contribution is -0.140. The Morgan fingerprint density at radius 3 is 2.76 bits per heavy atom. The normalized spacial score (nSPS) is 10.4. The molecule has 88 valence electrons. The molecule has 0 radical (unpaired) electrons. The number of carbonyl (C=O) groups excluding carboxylic acids is 1. The molecule has 0 saturated heterocycles. The summed E-state index contributed by atoms with van der Waals surface area (Å²) in [7, 11) is 1.57. The van der Waals surface area contributed by atoms with Crippen LogP contribution in [0.2, 0.25) is 0 Å². The van der Waals surface area contributed by atoms with Crippen LogP contribution in [-0.4, -0.2) is 29.0 Å². The van der Waals surface area contributed by atoms with Gasteiger partial charge in [0, 0.05) is 24.1 Å². The van der Waals surface area contributed by atoms with Crippen molar-refractivity contribution < 1.29 is 14.7 Å². The van der Waals surface area contributed by atoms with Gasteiger partial charge in [0.25, 0.3) is 0 Å². The zero-order valence-corrected chi connectivity index (χ0v) is 9.30. The van der Waals surface area contributed by atoms with Crippen molar-refractivity contribution >= 4 is 28.5 Å². The maximum Gasteiger partial charge on any atom is 0.312 e. The van der Waals surface area contributed by atoms with Crippen molar-refractivity contribution in [1.29, 1.82) is 0 Å². The molecule has 1 aromatic carbocycles. The summed E-state index contributed by atoms with van der Waals surface area (Å²) in [5.74, 6) is -1.57. The lowest BCUT2D eigenvalue weighted by atomic mass is 10.2. The van der Waals surface area contributed by atoms with Crippen LogP contribution < -0.4 is 4.90 Å². The van der Waals surface area contributed by atoms with Gasteiger partial charge < -0.3 is 15.0 Å². The second-order valence-corrected chi connectivity index (χ2v) is 3.74. The van der Waals surface area contributed by atoms with E-state index in [4.69, 9.17) is 5.11 Å². The minimum absolute atomic E-state index is 0.442. The number of hydrogen-bond donors (Lipinski definition) is 2. The van der Waals surface area contributed by atoms with Crippen LogP contribution in [-0.2, 0) is 9.59 Å². The lowest BCUT2D eigenvalue weighted by Gasteiger charge is -2.14. The molecule has 1 heterocycles. The third-order valence-electron chi connectivity index (χ3n) is 2.61. The molecule has 0 saturated carbocycles. The number of carboxylic acids is 1. The predicted octanol–water partition coefficient (Wildman–Crippen LogP) is 1.61. The van der Waals surface area contributed by atoms with E-state index < -0.39 is 18.3 Å². The van der Waals surface area contributed by atoms with Gasteiger partial charge in [-0.2, -0.15) is 0 Å². The first-order chi connectivity index (χ1) is 8.09. The monoisotopic (exact) mass is 232 g/mol. The van der Waals surface area contributed by atoms with E-state index in [2.05, 4.69) is 4.98 Å². The Hall–Kier alpha value is -2.30. The number of amides is 1. The summed E-state index contributed by atoms with van der Waals surface area (Å²) in [5.41, 5.74) is 1.60. The quantitative estimate of drug-likeness (QED) is 0.789. The maximum absolute atomic E-state index is 11.6. The molecule has 2 aromatic rings. The minimum atomic E-state index is -1.12. The van der Waals surface area contributed by atoms with E-state index >= 15 is 0 Å². The van der Waals surface area contributed by atoms with Crippen LogP contribution in [0.3, 0.4) is 0 Å². The molecular formula is C12H12N2O3. The largest absolute Gasteiger partial charge is 0.481 e. The van der Waals surface area contributed by atoms with Crippen molar-refractivity contribution in [2.75, 3.05) is 11.9 Å². The first-order valence-corrected chi connectivity index (χ1v) is 5.14. The maximum atomic E-state index is 11.6. The van der Waals surface area contributed by atoms with E-state index in [0.717, 1.165) is 10.9 Å². The first-order valence-electron chi connectivity index (χ1n) is 5.14. The third-order valence-corrected chi connectivity index (χ3v) is 2.61. The highest BCUT2D eigenvalue weighted by molar-refractivity contribution is 6.07. The number of nitrogens with one attached hydrogen (secondary N) is 1. The zero-order chi connectivity index (χ0) is 12.4. The van der Waals surface area contributed by atoms with Crippen LogP contribution in [0.5, 0.6) is 0 Å². The van der Waals surface area contributed by atoms with E-state index in [1.165, 1.54) is 4.90 Å². The fraction of sp³-hybridized carbons (Fsp3) is 0.167. The third kappa shape index (κ3) is 2.13. The van der Waals surface area contributed by atoms with E-state index in [1.54, 1.807) is 13.2 Å². The van der Waals surface area contributed by atoms with Gasteiger partial charge in [-0.05, 0) is 6.07 Å². The topological polar surface area (TPSA) is 73.4 Å². The second kappa shape index (κ2) is 4.29. The molecule has 0 unspecified atom stereocenters. The highest BCUT2D eigenvalue weighted by atomic mass is 16.4. The van der Waals surface area contributed by atoms with Crippen LogP contribution in [0.25, 0.3) is 10.9 Å². The summed E-state index contributed by atoms with van der Waals surface area (Å²) >= 11 is 0. The van der Waals surface area contributed by atoms with Gasteiger partial charge in [0.15, 0.2) is 0 Å². The number of benzene rings is 1. The number of hydrogen-bond acceptors (Lipinski definition) is 2. The molecule has 0 aliphatic heterocycles. The van der Waals surface area contributed by atoms with Crippen LogP contribution in [0.4, 0.5) is 5.69 Å². The Bertz CT molecular complexity index is 574. The second-order valence-electron chi connectivity index (χ2n) is 3.74. The van der Waals surface area contributed by atoms with Crippen LogP contribution >= 0.6 is 0 Å². The molecule has 0 aliphatic rings. The lowest BCUT2D eigenvalue weighted by Crippen LogP contribution is -2.27. The molecule has 2 N–H and O–H groups in total. The Balaban J connectivity index is 2.33. The zero-order valence-electron chi connectivity index (χ0n) is 9.30. The van der Waals surface area contributed by atoms with Crippen molar-refractivity contribution in [1.82, 2.24) is 4.98 Å². The number of rotatable bonds is 3. The predicted molar refractivity (Wildman–Crippen MR) is 64.0 cm³/mol. The smallest absolute Gasteiger partial charge is 0.312 e. The van der Waals surface area contributed by atoms with Crippen molar-refractivity contribution in [3.63, 3.8) is 0 Å². The van der Waals surface area contributed by atoms with Gasteiger partial charge in [0.05, 0.1) is 5.69 Å². The number of aromatic amines is 1. The number of aromatic nitrogens is 1. The van der Waals surface area contributed by atoms with E-state index in [1.807, 2.05) is 24.3 Å². The number of aliphatic carboxylic acids is 1. The molecule has 5 heteroatoms. The fourth-order valence-electron chi connectivity index (χ4n) is 1.72. The summed E-state index contributed by atoms with van der Waals surface area (Å²) in [6.45, 7) is 0. The number of anilines is 1. The summed E-state index contributed by atoms with van der Waals surface area (Å²) in [4.78, 5) is 26.5. The van der Waals surface area contributed by atoms with Gasteiger partial charge in [0.2, 0.25) is 5.91 Å². The molecule has 5 nitrogen and oxygen atoms in total. The van der Waals surface area contributed by atoms with Gasteiger partial charge in [-0.15, -0.1) is 0 Å². The number of carboxylic acid groups (broad SMARTS) is 1. The molecule has 0 fully saturated rings. The minimum Gasteiger partial charge on any atom is -0.481 e. The summed E-state index contributed by atoms with van der Waals surface area (Å²) in [6.07, 6.45) is 1.19. The van der Waals surface area contributed by atoms with Gasteiger partial charge in [-0.1, -0.05) is 18.2 Å². The van der Waals surface area contributed by atoms with Crippen LogP contribution in [0, 0.1) is 0 Å². The van der Waals surface area contributed by atoms with Crippen LogP contribution in [0.15, 0.2) is 30.5 Å². The van der Waals surface area contributed by atoms with Gasteiger partial charge in [-0.3, -0.25) is 9.59 Å². The Morgan fingerprint density at radius 2 is 2.06 bits per heavy atom. The number of fused-ring (bicyclic) bond motifs is 1. The van der Waals surface area contributed by atoms with Crippen molar-refractivity contribution in [2.24, 2.45) is 0 Å². The fourth-order valence-corrected chi connectivity index (χ4v) is 1.72. The SMILES string of the molecule is CN(C(=O)CC(=O)O)c1c[nH]c2ccccc12. The molecular weight excluding hydrogens is 220 g/mol. The number of nitrogens with zero attached hydrogens (tertiary/aromatic N) is 1. The molecule has 0 bridgehead atoms. The van der Waals surface area contributed by atoms with Gasteiger partial charge in [0.1, 0.15) is 6.42 Å². The first kappa shape index (κ1) is 11.2. The van der Waals surface area contributed by atoms with Crippen molar-refractivity contribution in [3.05, 3.63) is 30.5 Å². The summed E-state index contributed by atoms with van der Waals surface area (Å²) in [6, 6.07) is 7.54. The average molecular weight is 232 g/mol. The van der Waals surface area contributed by atoms with Crippen molar-refractivity contribution in [2.45, 2.75) is 6.42 Å². The standard InChI is InChI=1S/C12H12N2O3/c1-14(11(15)6-12(16)17)10-7-13-9-5-3-2-4-8(9)10/h2-5,7,13H,6H2,1H3,(H,16,17). The molecule has 0 spiro atoms. The number of para-hydroxylation sites is 1. The van der Waals surface area contributed by atoms with Crippen molar-refractivity contribution in [3.8, 4) is 0 Å². The summed E-state index contributed by atoms with van der Waals surface area (Å²) < 4.78 is 0. The molecule has 0 aliphatic carbocycles. The van der Waals surface area contributed by atoms with E-state index in [0.29, 0.717) is 5.69 Å². The molecule has 1 aromatic heterocycles. The van der Waals surface area contributed by atoms with E-state index in [9.17, 15) is 9.59 Å². The van der Waals surface area contributed by atoms with E-state index in [-0.39, 0.29) is 0 Å². The molecule has 0 atom stereocenters. The Kier molecular flexibility index (Phi) is 2.82. The Morgan fingerprint density at radius 1 is 1.35 bits per heavy atom. The van der Waals surface area contributed by atoms with Gasteiger partial charge in [-0.25, -0.2) is 0 Å². The molecule has 1 amide bonds. The highest BCUT2D eigenvalue weighted by Gasteiger charge is 2.17. The Labute approximate surface area is 97.7 Å². The van der Waals surface area contributed by atoms with Gasteiger partial charge >= 0.3 is 5.97 Å². The highest BCUT2D eigenvalue weighted by Crippen LogP contribution is 2.25. The van der Waals surface area contributed by atoms with Crippen LogP contribution in [0.1, 0.15) is 6.42 Å². The molecule has 2 rings (SSSR count). The number of H-pyrrole nitrogens is 1. The molecule has 17 heavy (non-hydrogen) atoms. The number of carbonyl (C=O) groups is 2.